The van der Waals surface area contributed by atoms with Crippen molar-refractivity contribution in [1.82, 2.24) is 0 Å². The van der Waals surface area contributed by atoms with Gasteiger partial charge in [0.25, 0.3) is 5.69 Å². The molecule has 5 nitrogen and oxygen atoms in total. The minimum absolute atomic E-state index is 0.0281. The number of rotatable bonds is 1. The van der Waals surface area contributed by atoms with Crippen LogP contribution in [0.1, 0.15) is 6.92 Å². The molecule has 1 aliphatic rings. The van der Waals surface area contributed by atoms with Crippen molar-refractivity contribution >= 4 is 5.69 Å². The topological polar surface area (TPSA) is 67.9 Å². The molecular weight excluding hydrogens is 182 g/mol. The van der Waals surface area contributed by atoms with E-state index in [4.69, 9.17) is 0 Å². The fourth-order valence-corrected chi connectivity index (χ4v) is 1.35. The van der Waals surface area contributed by atoms with Gasteiger partial charge in [0.05, 0.1) is 15.6 Å². The fraction of sp³-hybridized carbons (Fsp3) is 0.222. The highest BCUT2D eigenvalue weighted by Crippen LogP contribution is 2.11. The zero-order chi connectivity index (χ0) is 10.3. The number of nitro benzene ring substituents is 1. The molecule has 0 aliphatic carbocycles. The van der Waals surface area contributed by atoms with Crippen LogP contribution in [0.2, 0.25) is 0 Å². The molecule has 1 atom stereocenters. The Hall–Kier alpha value is -1.78. The third-order valence-corrected chi connectivity index (χ3v) is 1.89. The second-order valence-corrected chi connectivity index (χ2v) is 3.37. The minimum atomic E-state index is -0.739. The second-order valence-electron chi connectivity index (χ2n) is 3.37. The summed E-state index contributed by atoms with van der Waals surface area (Å²) in [6, 6.07) is 4.42. The summed E-state index contributed by atoms with van der Waals surface area (Å²) in [5.74, 6) is 0. The van der Waals surface area contributed by atoms with Gasteiger partial charge >= 0.3 is 0 Å². The Labute approximate surface area is 80.0 Å². The van der Waals surface area contributed by atoms with Crippen molar-refractivity contribution in [2.75, 3.05) is 0 Å². The summed E-state index contributed by atoms with van der Waals surface area (Å²) < 4.78 is 0. The molecule has 0 aromatic heterocycles. The number of nitrogens with zero attached hydrogens (tertiary/aromatic N) is 3. The highest BCUT2D eigenvalue weighted by Gasteiger charge is 2.19. The third-order valence-electron chi connectivity index (χ3n) is 1.89. The summed E-state index contributed by atoms with van der Waals surface area (Å²) in [5, 5.41) is 11.7. The van der Waals surface area contributed by atoms with Crippen LogP contribution in [0.15, 0.2) is 28.2 Å². The lowest BCUT2D eigenvalue weighted by atomic mass is 10.3. The van der Waals surface area contributed by atoms with Gasteiger partial charge < -0.3 is 0 Å². The molecule has 2 rings (SSSR count). The van der Waals surface area contributed by atoms with Gasteiger partial charge in [-0.05, 0) is 19.9 Å². The maximum absolute atomic E-state index is 10.5. The Morgan fingerprint density at radius 2 is 2.07 bits per heavy atom. The molecule has 1 heterocycles. The first-order valence-electron chi connectivity index (χ1n) is 4.07. The normalized spacial score (nSPS) is 16.7. The molecule has 1 aliphatic heterocycles. The fourth-order valence-electron chi connectivity index (χ4n) is 1.35. The maximum atomic E-state index is 10.5. The average Bonchev–Trinajstić information content (AvgIpc) is 2.36. The third kappa shape index (κ3) is 1.37. The predicted molar refractivity (Wildman–Crippen MR) is 49.2 cm³/mol. The Morgan fingerprint density at radius 3 is 2.71 bits per heavy atom. The summed E-state index contributed by atoms with van der Waals surface area (Å²) in [6.45, 7) is 5.50. The molecule has 71 valence electrons. The van der Waals surface area contributed by atoms with Crippen LogP contribution in [0.4, 0.5) is 5.69 Å². The Morgan fingerprint density at radius 1 is 1.43 bits per heavy atom. The summed E-state index contributed by atoms with van der Waals surface area (Å²) in [7, 11) is 0. The van der Waals surface area contributed by atoms with Gasteiger partial charge in [-0.1, -0.05) is 0 Å². The molecule has 1 aromatic rings. The summed E-state index contributed by atoms with van der Waals surface area (Å²) >= 11 is 0. The molecule has 14 heavy (non-hydrogen) atoms. The van der Waals surface area contributed by atoms with Crippen LogP contribution in [0.5, 0.6) is 0 Å². The molecule has 5 heteroatoms. The van der Waals surface area contributed by atoms with E-state index < -0.39 is 10.6 Å². The van der Waals surface area contributed by atoms with Crippen molar-refractivity contribution < 1.29 is 4.92 Å². The van der Waals surface area contributed by atoms with Gasteiger partial charge in [0, 0.05) is 12.1 Å². The molecule has 0 spiro atoms. The van der Waals surface area contributed by atoms with E-state index in [-0.39, 0.29) is 5.69 Å². The van der Waals surface area contributed by atoms with E-state index in [1.165, 1.54) is 12.1 Å². The van der Waals surface area contributed by atoms with Gasteiger partial charge in [-0.3, -0.25) is 20.1 Å². The maximum Gasteiger partial charge on any atom is 0.271 e. The van der Waals surface area contributed by atoms with Crippen LogP contribution >= 0.6 is 0 Å². The highest BCUT2D eigenvalue weighted by atomic mass is 16.6. The standard InChI is InChI=1S/C9H8N3O2/c1-9(2)10-7-4-3-6(12(13)14)5-8(7)11-9/h3-5H,1H2,2H3. The number of non-ortho nitro benzene ring substituents is 1. The average molecular weight is 190 g/mol. The molecule has 1 radical (unpaired) electrons. The van der Waals surface area contributed by atoms with E-state index in [9.17, 15) is 10.1 Å². The van der Waals surface area contributed by atoms with E-state index >= 15 is 0 Å². The van der Waals surface area contributed by atoms with Crippen LogP contribution < -0.4 is 10.7 Å². The quantitative estimate of drug-likeness (QED) is 0.475. The van der Waals surface area contributed by atoms with E-state index in [2.05, 4.69) is 16.9 Å². The monoisotopic (exact) mass is 190 g/mol. The summed E-state index contributed by atoms with van der Waals surface area (Å²) in [6.07, 6.45) is 0. The number of fused-ring (bicyclic) bond motifs is 1. The zero-order valence-electron chi connectivity index (χ0n) is 7.60. The number of benzene rings is 1. The SMILES string of the molecule is [CH2]C1(C)N=c2ccc([N+](=O)[O-])cc2=N1. The van der Waals surface area contributed by atoms with E-state index in [0.29, 0.717) is 10.7 Å². The van der Waals surface area contributed by atoms with Crippen LogP contribution in [0.3, 0.4) is 0 Å². The van der Waals surface area contributed by atoms with Crippen LogP contribution in [0.25, 0.3) is 0 Å². The lowest BCUT2D eigenvalue weighted by Crippen LogP contribution is -2.21. The molecule has 1 aromatic carbocycles. The number of hydrogen-bond donors (Lipinski definition) is 0. The smallest absolute Gasteiger partial charge is 0.258 e. The first kappa shape index (κ1) is 8.80. The molecule has 0 fully saturated rings. The van der Waals surface area contributed by atoms with Crippen LogP contribution in [0, 0.1) is 17.0 Å². The van der Waals surface area contributed by atoms with Crippen molar-refractivity contribution in [3.63, 3.8) is 0 Å². The predicted octanol–water partition coefficient (Wildman–Crippen LogP) is 0.398. The van der Waals surface area contributed by atoms with Crippen molar-refractivity contribution in [3.8, 4) is 0 Å². The van der Waals surface area contributed by atoms with E-state index in [0.717, 1.165) is 0 Å². The number of hydrogen-bond acceptors (Lipinski definition) is 4. The molecular formula is C9H8N3O2. The van der Waals surface area contributed by atoms with Crippen molar-refractivity contribution in [2.45, 2.75) is 12.6 Å². The van der Waals surface area contributed by atoms with E-state index in [1.807, 2.05) is 0 Å². The Balaban J connectivity index is 2.68. The van der Waals surface area contributed by atoms with Gasteiger partial charge in [-0.2, -0.15) is 0 Å². The Kier molecular flexibility index (Phi) is 1.64. The Bertz CT molecular complexity index is 519. The zero-order valence-corrected chi connectivity index (χ0v) is 7.60. The van der Waals surface area contributed by atoms with Crippen molar-refractivity contribution in [2.24, 2.45) is 9.98 Å². The lowest BCUT2D eigenvalue weighted by Gasteiger charge is -2.06. The minimum Gasteiger partial charge on any atom is -0.258 e. The van der Waals surface area contributed by atoms with E-state index in [1.54, 1.807) is 13.0 Å². The molecule has 0 N–H and O–H groups in total. The van der Waals surface area contributed by atoms with Gasteiger partial charge in [0.15, 0.2) is 0 Å². The molecule has 0 saturated heterocycles. The number of nitro groups is 1. The molecule has 1 unspecified atom stereocenters. The summed E-state index contributed by atoms with van der Waals surface area (Å²) in [4.78, 5) is 18.4. The van der Waals surface area contributed by atoms with Gasteiger partial charge in [-0.15, -0.1) is 0 Å². The van der Waals surface area contributed by atoms with Gasteiger partial charge in [0.1, 0.15) is 5.66 Å². The first-order valence-corrected chi connectivity index (χ1v) is 4.07. The van der Waals surface area contributed by atoms with Crippen LogP contribution in [-0.4, -0.2) is 10.6 Å². The summed E-state index contributed by atoms with van der Waals surface area (Å²) in [5.41, 5.74) is -0.710. The van der Waals surface area contributed by atoms with Crippen LogP contribution in [-0.2, 0) is 0 Å². The van der Waals surface area contributed by atoms with Gasteiger partial charge in [-0.25, -0.2) is 0 Å². The first-order chi connectivity index (χ1) is 6.48. The van der Waals surface area contributed by atoms with Crippen molar-refractivity contribution in [3.05, 3.63) is 46.0 Å². The molecule has 0 bridgehead atoms. The lowest BCUT2D eigenvalue weighted by molar-refractivity contribution is -0.385. The van der Waals surface area contributed by atoms with Crippen molar-refractivity contribution in [1.29, 1.82) is 0 Å². The highest BCUT2D eigenvalue weighted by molar-refractivity contribution is 5.29. The van der Waals surface area contributed by atoms with Gasteiger partial charge in [0.2, 0.25) is 0 Å². The molecule has 0 amide bonds. The second kappa shape index (κ2) is 2.60. The largest absolute Gasteiger partial charge is 0.271 e. The molecule has 0 saturated carbocycles.